The van der Waals surface area contributed by atoms with Crippen LogP contribution in [0.3, 0.4) is 0 Å². The van der Waals surface area contributed by atoms with Crippen LogP contribution in [0.2, 0.25) is 0 Å². The van der Waals surface area contributed by atoms with E-state index >= 15 is 0 Å². The zero-order valence-electron chi connectivity index (χ0n) is 10.7. The van der Waals surface area contributed by atoms with Gasteiger partial charge in [-0.3, -0.25) is 0 Å². The van der Waals surface area contributed by atoms with E-state index in [1.54, 1.807) is 0 Å². The van der Waals surface area contributed by atoms with Crippen molar-refractivity contribution in [3.8, 4) is 5.75 Å². The molecule has 20 heavy (non-hydrogen) atoms. The first-order chi connectivity index (χ1) is 9.44. The first-order valence-electron chi connectivity index (χ1n) is 6.49. The van der Waals surface area contributed by atoms with Crippen LogP contribution in [0.1, 0.15) is 36.8 Å². The lowest BCUT2D eigenvalue weighted by atomic mass is 9.70. The van der Waals surface area contributed by atoms with Crippen molar-refractivity contribution in [3.05, 3.63) is 29.3 Å². The van der Waals surface area contributed by atoms with Gasteiger partial charge in [0, 0.05) is 11.0 Å². The largest absolute Gasteiger partial charge is 0.492 e. The number of fused-ring (bicyclic) bond motifs is 2. The van der Waals surface area contributed by atoms with Crippen LogP contribution in [0.25, 0.3) is 0 Å². The van der Waals surface area contributed by atoms with Crippen molar-refractivity contribution >= 4 is 5.71 Å². The number of hydrogen-bond acceptors (Lipinski definition) is 3. The van der Waals surface area contributed by atoms with Gasteiger partial charge in [0.25, 0.3) is 0 Å². The number of halogens is 3. The Bertz CT molecular complexity index is 556. The first kappa shape index (κ1) is 13.3. The number of ether oxygens (including phenoxy) is 1. The van der Waals surface area contributed by atoms with E-state index in [9.17, 15) is 13.2 Å². The third-order valence-corrected chi connectivity index (χ3v) is 4.31. The monoisotopic (exact) mass is 285 g/mol. The molecular weight excluding hydrogens is 271 g/mol. The van der Waals surface area contributed by atoms with Gasteiger partial charge >= 0.3 is 6.18 Å². The molecule has 0 amide bonds. The van der Waals surface area contributed by atoms with Crippen LogP contribution < -0.4 is 4.74 Å². The van der Waals surface area contributed by atoms with Crippen LogP contribution in [0, 0.1) is 0 Å². The Morgan fingerprint density at radius 1 is 1.20 bits per heavy atom. The van der Waals surface area contributed by atoms with Crippen molar-refractivity contribution in [2.24, 2.45) is 5.16 Å². The van der Waals surface area contributed by atoms with Crippen LogP contribution in [0.5, 0.6) is 5.75 Å². The van der Waals surface area contributed by atoms with E-state index in [0.717, 1.165) is 36.2 Å². The number of rotatable bonds is 0. The van der Waals surface area contributed by atoms with Gasteiger partial charge in [-0.05, 0) is 37.8 Å². The smallest absolute Gasteiger partial charge is 0.416 e. The Hall–Kier alpha value is -1.72. The van der Waals surface area contributed by atoms with Gasteiger partial charge in [-0.2, -0.15) is 13.2 Å². The van der Waals surface area contributed by atoms with Gasteiger partial charge in [-0.25, -0.2) is 0 Å². The molecular formula is C14H14F3NO2. The highest BCUT2D eigenvalue weighted by atomic mass is 19.4. The first-order valence-corrected chi connectivity index (χ1v) is 6.49. The molecule has 1 spiro atoms. The Morgan fingerprint density at radius 3 is 2.50 bits per heavy atom. The number of hydrogen-bond donors (Lipinski definition) is 1. The maximum absolute atomic E-state index is 12.7. The molecule has 0 radical (unpaired) electrons. The summed E-state index contributed by atoms with van der Waals surface area (Å²) in [5.41, 5.74) is 0.688. The van der Waals surface area contributed by atoms with Crippen LogP contribution in [0.15, 0.2) is 23.4 Å². The van der Waals surface area contributed by atoms with Gasteiger partial charge in [0.2, 0.25) is 0 Å². The molecule has 1 aliphatic carbocycles. The lowest BCUT2D eigenvalue weighted by molar-refractivity contribution is -0.137. The van der Waals surface area contributed by atoms with Crippen LogP contribution in [-0.2, 0) is 11.6 Å². The molecule has 0 aromatic heterocycles. The van der Waals surface area contributed by atoms with Crippen molar-refractivity contribution in [3.63, 3.8) is 0 Å². The maximum atomic E-state index is 12.7. The molecule has 0 bridgehead atoms. The van der Waals surface area contributed by atoms with Crippen LogP contribution in [-0.4, -0.2) is 17.5 Å². The average molecular weight is 285 g/mol. The molecule has 2 aliphatic rings. The Morgan fingerprint density at radius 2 is 1.90 bits per heavy atom. The van der Waals surface area contributed by atoms with Crippen molar-refractivity contribution in [1.29, 1.82) is 0 Å². The molecule has 1 aromatic carbocycles. The predicted molar refractivity (Wildman–Crippen MR) is 66.3 cm³/mol. The molecule has 108 valence electrons. The molecule has 6 heteroatoms. The lowest BCUT2D eigenvalue weighted by Crippen LogP contribution is -2.33. The highest BCUT2D eigenvalue weighted by Crippen LogP contribution is 2.48. The minimum absolute atomic E-state index is 0.229. The third-order valence-electron chi connectivity index (χ3n) is 4.31. The molecule has 1 heterocycles. The lowest BCUT2D eigenvalue weighted by Gasteiger charge is -2.32. The molecule has 0 unspecified atom stereocenters. The summed E-state index contributed by atoms with van der Waals surface area (Å²) in [5, 5.41) is 12.0. The standard InChI is InChI=1S/C14H14F3NO2/c15-14(16,17)9-1-2-11-12(7-9)20-8-13(11)5-3-10(18-19)4-6-13/h1-2,7,19H,3-6,8H2. The van der Waals surface area contributed by atoms with Crippen molar-refractivity contribution in [2.45, 2.75) is 37.3 Å². The zero-order chi connectivity index (χ0) is 14.4. The Kier molecular flexibility index (Phi) is 2.92. The second-order valence-corrected chi connectivity index (χ2v) is 5.44. The van der Waals surface area contributed by atoms with E-state index in [1.807, 2.05) is 0 Å². The Balaban J connectivity index is 1.92. The second-order valence-electron chi connectivity index (χ2n) is 5.44. The average Bonchev–Trinajstić information content (AvgIpc) is 2.77. The predicted octanol–water partition coefficient (Wildman–Crippen LogP) is 3.74. The van der Waals surface area contributed by atoms with Crippen molar-refractivity contribution in [2.75, 3.05) is 6.61 Å². The summed E-state index contributed by atoms with van der Waals surface area (Å²) >= 11 is 0. The molecule has 3 rings (SSSR count). The fourth-order valence-electron chi connectivity index (χ4n) is 3.08. The highest BCUT2D eigenvalue weighted by Gasteiger charge is 2.44. The van der Waals surface area contributed by atoms with E-state index in [1.165, 1.54) is 6.07 Å². The van der Waals surface area contributed by atoms with E-state index in [-0.39, 0.29) is 5.41 Å². The molecule has 1 N–H and O–H groups in total. The minimum Gasteiger partial charge on any atom is -0.492 e. The van der Waals surface area contributed by atoms with E-state index in [0.29, 0.717) is 25.2 Å². The highest BCUT2D eigenvalue weighted by molar-refractivity contribution is 5.85. The Labute approximate surface area is 114 Å². The van der Waals surface area contributed by atoms with Crippen molar-refractivity contribution < 1.29 is 23.1 Å². The summed E-state index contributed by atoms with van der Waals surface area (Å²) in [4.78, 5) is 0. The van der Waals surface area contributed by atoms with Crippen molar-refractivity contribution in [1.82, 2.24) is 0 Å². The topological polar surface area (TPSA) is 41.8 Å². The number of nitrogens with zero attached hydrogens (tertiary/aromatic N) is 1. The number of alkyl halides is 3. The second kappa shape index (κ2) is 4.40. The molecule has 1 aliphatic heterocycles. The van der Waals surface area contributed by atoms with Gasteiger partial charge in [-0.15, -0.1) is 0 Å². The molecule has 1 aromatic rings. The van der Waals surface area contributed by atoms with Gasteiger partial charge in [-0.1, -0.05) is 11.2 Å². The summed E-state index contributed by atoms with van der Waals surface area (Å²) in [7, 11) is 0. The van der Waals surface area contributed by atoms with Gasteiger partial charge < -0.3 is 9.94 Å². The maximum Gasteiger partial charge on any atom is 0.416 e. The number of benzene rings is 1. The quantitative estimate of drug-likeness (QED) is 0.583. The summed E-state index contributed by atoms with van der Waals surface area (Å²) in [5.74, 6) is 0.337. The number of oxime groups is 1. The molecule has 0 atom stereocenters. The molecule has 1 saturated carbocycles. The van der Waals surface area contributed by atoms with Gasteiger partial charge in [0.1, 0.15) is 5.75 Å². The molecule has 1 fully saturated rings. The third kappa shape index (κ3) is 2.03. The van der Waals surface area contributed by atoms with Gasteiger partial charge in [0.15, 0.2) is 0 Å². The van der Waals surface area contributed by atoms with E-state index in [2.05, 4.69) is 5.16 Å². The fourth-order valence-corrected chi connectivity index (χ4v) is 3.08. The SMILES string of the molecule is ON=C1CCC2(CC1)COc1cc(C(F)(F)F)ccc12. The molecule has 3 nitrogen and oxygen atoms in total. The van der Waals surface area contributed by atoms with Gasteiger partial charge in [0.05, 0.1) is 17.9 Å². The summed E-state index contributed by atoms with van der Waals surface area (Å²) < 4.78 is 43.6. The summed E-state index contributed by atoms with van der Waals surface area (Å²) in [6, 6.07) is 3.73. The zero-order valence-corrected chi connectivity index (χ0v) is 10.7. The summed E-state index contributed by atoms with van der Waals surface area (Å²) in [6.07, 6.45) is -1.56. The van der Waals surface area contributed by atoms with E-state index < -0.39 is 11.7 Å². The normalized spacial score (nSPS) is 25.4. The van der Waals surface area contributed by atoms with Crippen LogP contribution in [0.4, 0.5) is 13.2 Å². The van der Waals surface area contributed by atoms with E-state index in [4.69, 9.17) is 9.94 Å². The summed E-state index contributed by atoms with van der Waals surface area (Å²) in [6.45, 7) is 0.405. The molecule has 0 saturated heterocycles. The fraction of sp³-hybridized carbons (Fsp3) is 0.500. The van der Waals surface area contributed by atoms with Crippen LogP contribution >= 0.6 is 0 Å². The minimum atomic E-state index is -4.35.